The third kappa shape index (κ3) is 1.94. The Bertz CT molecular complexity index is 436. The highest BCUT2D eigenvalue weighted by Crippen LogP contribution is 2.18. The van der Waals surface area contributed by atoms with E-state index in [1.54, 1.807) is 28.9 Å². The summed E-state index contributed by atoms with van der Waals surface area (Å²) < 4.78 is 1.63. The molecule has 0 aliphatic rings. The number of phenols is 1. The molecule has 15 heavy (non-hydrogen) atoms. The van der Waals surface area contributed by atoms with E-state index in [1.165, 1.54) is 0 Å². The van der Waals surface area contributed by atoms with Crippen molar-refractivity contribution in [2.45, 2.75) is 6.54 Å². The van der Waals surface area contributed by atoms with E-state index in [1.807, 2.05) is 0 Å². The van der Waals surface area contributed by atoms with Crippen molar-refractivity contribution in [3.8, 4) is 17.1 Å². The molecule has 0 fully saturated rings. The summed E-state index contributed by atoms with van der Waals surface area (Å²) in [6.45, 7) is 1.05. The molecule has 1 aromatic heterocycles. The molecule has 0 aliphatic carbocycles. The molecule has 0 radical (unpaired) electrons. The van der Waals surface area contributed by atoms with Gasteiger partial charge >= 0.3 is 0 Å². The molecule has 0 saturated carbocycles. The van der Waals surface area contributed by atoms with Gasteiger partial charge in [0.2, 0.25) is 0 Å². The van der Waals surface area contributed by atoms with E-state index in [0.717, 1.165) is 5.56 Å². The summed E-state index contributed by atoms with van der Waals surface area (Å²) in [6.07, 6.45) is 0. The summed E-state index contributed by atoms with van der Waals surface area (Å²) in [5.74, 6) is 0.872. The molecule has 1 aromatic carbocycles. The molecule has 2 aromatic rings. The van der Waals surface area contributed by atoms with E-state index >= 15 is 0 Å². The summed E-state index contributed by atoms with van der Waals surface area (Å²) >= 11 is 0. The predicted molar refractivity (Wildman–Crippen MR) is 54.0 cm³/mol. The van der Waals surface area contributed by atoms with Gasteiger partial charge in [0.05, 0.1) is 6.54 Å². The fourth-order valence-corrected chi connectivity index (χ4v) is 1.29. The van der Waals surface area contributed by atoms with Gasteiger partial charge in [-0.1, -0.05) is 0 Å². The van der Waals surface area contributed by atoms with Gasteiger partial charge in [-0.2, -0.15) is 0 Å². The predicted octanol–water partition coefficient (Wildman–Crippen LogP) is 0.00440. The van der Waals surface area contributed by atoms with Crippen LogP contribution in [-0.4, -0.2) is 31.9 Å². The van der Waals surface area contributed by atoms with Crippen LogP contribution in [0.25, 0.3) is 11.4 Å². The van der Waals surface area contributed by atoms with Crippen LogP contribution >= 0.6 is 0 Å². The molecule has 0 atom stereocenters. The van der Waals surface area contributed by atoms with E-state index in [0.29, 0.717) is 18.9 Å². The summed E-state index contributed by atoms with van der Waals surface area (Å²) in [5.41, 5.74) is 6.29. The monoisotopic (exact) mass is 205 g/mol. The smallest absolute Gasteiger partial charge is 0.182 e. The van der Waals surface area contributed by atoms with Crippen molar-refractivity contribution in [2.24, 2.45) is 5.73 Å². The van der Waals surface area contributed by atoms with Crippen molar-refractivity contribution >= 4 is 0 Å². The first kappa shape index (κ1) is 9.60. The van der Waals surface area contributed by atoms with Crippen LogP contribution in [0.15, 0.2) is 24.3 Å². The highest BCUT2D eigenvalue weighted by molar-refractivity contribution is 5.55. The van der Waals surface area contributed by atoms with Crippen molar-refractivity contribution in [2.75, 3.05) is 6.54 Å². The van der Waals surface area contributed by atoms with Crippen LogP contribution in [0.5, 0.6) is 5.75 Å². The molecule has 0 amide bonds. The number of rotatable bonds is 3. The van der Waals surface area contributed by atoms with Gasteiger partial charge < -0.3 is 10.8 Å². The van der Waals surface area contributed by atoms with Crippen LogP contribution in [0, 0.1) is 0 Å². The molecular weight excluding hydrogens is 194 g/mol. The number of hydrogen-bond acceptors (Lipinski definition) is 5. The molecule has 3 N–H and O–H groups in total. The van der Waals surface area contributed by atoms with E-state index < -0.39 is 0 Å². The number of aromatic hydroxyl groups is 1. The minimum absolute atomic E-state index is 0.219. The highest BCUT2D eigenvalue weighted by Gasteiger charge is 2.07. The van der Waals surface area contributed by atoms with Crippen molar-refractivity contribution in [3.05, 3.63) is 24.3 Å². The molecule has 78 valence electrons. The molecule has 1 heterocycles. The van der Waals surface area contributed by atoms with E-state index in [-0.39, 0.29) is 5.75 Å². The zero-order valence-corrected chi connectivity index (χ0v) is 8.04. The topological polar surface area (TPSA) is 89.9 Å². The molecule has 0 unspecified atom stereocenters. The Morgan fingerprint density at radius 1 is 1.27 bits per heavy atom. The van der Waals surface area contributed by atoms with Crippen LogP contribution in [0.1, 0.15) is 0 Å². The maximum absolute atomic E-state index is 9.15. The van der Waals surface area contributed by atoms with Gasteiger partial charge in [-0.05, 0) is 34.7 Å². The highest BCUT2D eigenvalue weighted by atomic mass is 16.3. The van der Waals surface area contributed by atoms with Crippen molar-refractivity contribution < 1.29 is 5.11 Å². The van der Waals surface area contributed by atoms with Gasteiger partial charge in [0.1, 0.15) is 5.75 Å². The largest absolute Gasteiger partial charge is 0.508 e. The number of benzene rings is 1. The van der Waals surface area contributed by atoms with E-state index in [4.69, 9.17) is 10.8 Å². The molecule has 0 bridgehead atoms. The lowest BCUT2D eigenvalue weighted by Crippen LogP contribution is -2.12. The lowest BCUT2D eigenvalue weighted by atomic mass is 10.2. The van der Waals surface area contributed by atoms with Crippen molar-refractivity contribution in [1.82, 2.24) is 20.2 Å². The second kappa shape index (κ2) is 4.05. The first-order chi connectivity index (χ1) is 7.31. The van der Waals surface area contributed by atoms with Gasteiger partial charge in [0, 0.05) is 12.1 Å². The molecule has 0 saturated heterocycles. The number of hydrogen-bond donors (Lipinski definition) is 2. The second-order valence-electron chi connectivity index (χ2n) is 3.06. The standard InChI is InChI=1S/C9H11N5O/c10-5-6-14-9(11-12-13-14)7-1-3-8(15)4-2-7/h1-4,15H,5-6,10H2. The maximum atomic E-state index is 9.15. The van der Waals surface area contributed by atoms with Gasteiger partial charge in [-0.25, -0.2) is 4.68 Å². The van der Waals surface area contributed by atoms with Crippen LogP contribution in [0.2, 0.25) is 0 Å². The van der Waals surface area contributed by atoms with Crippen LogP contribution in [0.4, 0.5) is 0 Å². The Balaban J connectivity index is 2.36. The van der Waals surface area contributed by atoms with Gasteiger partial charge in [0.15, 0.2) is 5.82 Å². The number of tetrazole rings is 1. The minimum atomic E-state index is 0.219. The first-order valence-electron chi connectivity index (χ1n) is 4.57. The fourth-order valence-electron chi connectivity index (χ4n) is 1.29. The fraction of sp³-hybridized carbons (Fsp3) is 0.222. The maximum Gasteiger partial charge on any atom is 0.182 e. The van der Waals surface area contributed by atoms with E-state index in [9.17, 15) is 0 Å². The number of aromatic nitrogens is 4. The third-order valence-corrected chi connectivity index (χ3v) is 2.00. The third-order valence-electron chi connectivity index (χ3n) is 2.00. The van der Waals surface area contributed by atoms with Crippen LogP contribution in [0.3, 0.4) is 0 Å². The molecule has 2 rings (SSSR count). The van der Waals surface area contributed by atoms with E-state index in [2.05, 4.69) is 15.5 Å². The Hall–Kier alpha value is -1.95. The first-order valence-corrected chi connectivity index (χ1v) is 4.57. The number of nitrogens with two attached hydrogens (primary N) is 1. The van der Waals surface area contributed by atoms with Gasteiger partial charge in [-0.15, -0.1) is 5.10 Å². The van der Waals surface area contributed by atoms with Crippen molar-refractivity contribution in [1.29, 1.82) is 0 Å². The molecule has 0 spiro atoms. The molecule has 0 aliphatic heterocycles. The summed E-state index contributed by atoms with van der Waals surface area (Å²) in [7, 11) is 0. The zero-order valence-electron chi connectivity index (χ0n) is 8.04. The zero-order chi connectivity index (χ0) is 10.7. The average Bonchev–Trinajstić information content (AvgIpc) is 2.68. The van der Waals surface area contributed by atoms with Gasteiger partial charge in [0.25, 0.3) is 0 Å². The Kier molecular flexibility index (Phi) is 2.59. The van der Waals surface area contributed by atoms with Crippen molar-refractivity contribution in [3.63, 3.8) is 0 Å². The minimum Gasteiger partial charge on any atom is -0.508 e. The lowest BCUT2D eigenvalue weighted by molar-refractivity contribution is 0.475. The number of phenolic OH excluding ortho intramolecular Hbond substituents is 1. The van der Waals surface area contributed by atoms with Crippen LogP contribution < -0.4 is 5.73 Å². The second-order valence-corrected chi connectivity index (χ2v) is 3.06. The SMILES string of the molecule is NCCn1nnnc1-c1ccc(O)cc1. The summed E-state index contributed by atoms with van der Waals surface area (Å²) in [4.78, 5) is 0. The summed E-state index contributed by atoms with van der Waals surface area (Å²) in [5, 5.41) is 20.5. The molecule has 6 nitrogen and oxygen atoms in total. The normalized spacial score (nSPS) is 10.5. The molecule has 6 heteroatoms. The van der Waals surface area contributed by atoms with Gasteiger partial charge in [-0.3, -0.25) is 0 Å². The Labute approximate surface area is 86.3 Å². The lowest BCUT2D eigenvalue weighted by Gasteiger charge is -2.02. The Morgan fingerprint density at radius 2 is 2.00 bits per heavy atom. The summed E-state index contributed by atoms with van der Waals surface area (Å²) in [6, 6.07) is 6.70. The quantitative estimate of drug-likeness (QED) is 0.736. The molecular formula is C9H11N5O. The van der Waals surface area contributed by atoms with Crippen LogP contribution in [-0.2, 0) is 6.54 Å². The number of nitrogens with zero attached hydrogens (tertiary/aromatic N) is 4. The average molecular weight is 205 g/mol. The Morgan fingerprint density at radius 3 is 2.67 bits per heavy atom.